The molecule has 0 saturated heterocycles. The van der Waals surface area contributed by atoms with Crippen molar-refractivity contribution in [3.63, 3.8) is 0 Å². The van der Waals surface area contributed by atoms with E-state index in [0.29, 0.717) is 0 Å². The monoisotopic (exact) mass is 167 g/mol. The van der Waals surface area contributed by atoms with Crippen molar-refractivity contribution >= 4 is 28.1 Å². The van der Waals surface area contributed by atoms with Crippen LogP contribution in [0, 0.1) is 0 Å². The van der Waals surface area contributed by atoms with Gasteiger partial charge in [-0.15, -0.1) is 11.3 Å². The summed E-state index contributed by atoms with van der Waals surface area (Å²) in [4.78, 5) is 5.45. The van der Waals surface area contributed by atoms with E-state index < -0.39 is 0 Å². The van der Waals surface area contributed by atoms with Gasteiger partial charge in [-0.2, -0.15) is 0 Å². The summed E-state index contributed by atoms with van der Waals surface area (Å²) < 4.78 is 0. The quantitative estimate of drug-likeness (QED) is 0.624. The number of rotatable bonds is 1. The predicted molar refractivity (Wildman–Crippen MR) is 47.3 cm³/mol. The maximum Gasteiger partial charge on any atom is 0.332 e. The van der Waals surface area contributed by atoms with E-state index in [1.807, 2.05) is 17.7 Å². The molecule has 1 aromatic heterocycles. The lowest BCUT2D eigenvalue weighted by molar-refractivity contribution is 1.42. The molecule has 2 rings (SSSR count). The Morgan fingerprint density at radius 3 is 3.00 bits per heavy atom. The number of aliphatic imine (C=N–C) groups is 1. The molecule has 0 fully saturated rings. The minimum atomic E-state index is 1.12. The van der Waals surface area contributed by atoms with Gasteiger partial charge in [0.15, 0.2) is 0 Å². The maximum atomic E-state index is 4.19. The van der Waals surface area contributed by atoms with Crippen LogP contribution in [0.4, 0.5) is 0 Å². The van der Waals surface area contributed by atoms with Crippen LogP contribution >= 0.6 is 23.1 Å². The SMILES string of the molecule is C1=CSC(c2cccs2)=[N+]1. The Bertz CT molecular complexity index is 272. The number of nitrogens with zero attached hydrogens (tertiary/aromatic N) is 1. The van der Waals surface area contributed by atoms with Gasteiger partial charge < -0.3 is 0 Å². The summed E-state index contributed by atoms with van der Waals surface area (Å²) in [7, 11) is 0. The van der Waals surface area contributed by atoms with Crippen molar-refractivity contribution in [1.29, 1.82) is 0 Å². The summed E-state index contributed by atoms with van der Waals surface area (Å²) in [6.45, 7) is 0. The summed E-state index contributed by atoms with van der Waals surface area (Å²) in [5.41, 5.74) is 0. The van der Waals surface area contributed by atoms with Gasteiger partial charge in [0.25, 0.3) is 6.20 Å². The van der Waals surface area contributed by atoms with Crippen LogP contribution in [0.2, 0.25) is 0 Å². The van der Waals surface area contributed by atoms with Crippen molar-refractivity contribution in [2.75, 3.05) is 0 Å². The molecule has 49 valence electrons. The second-order valence-electron chi connectivity index (χ2n) is 1.81. The Balaban J connectivity index is 2.30. The van der Waals surface area contributed by atoms with Crippen molar-refractivity contribution in [3.8, 4) is 0 Å². The zero-order valence-corrected chi connectivity index (χ0v) is 6.78. The second kappa shape index (κ2) is 2.60. The van der Waals surface area contributed by atoms with Gasteiger partial charge >= 0.3 is 5.04 Å². The molecular formula is C7H5NS2+. The fourth-order valence-corrected chi connectivity index (χ4v) is 2.20. The zero-order chi connectivity index (χ0) is 6.81. The second-order valence-corrected chi connectivity index (χ2v) is 3.66. The molecule has 0 bridgehead atoms. The molecule has 1 aliphatic rings. The molecule has 0 atom stereocenters. The Kier molecular flexibility index (Phi) is 1.61. The summed E-state index contributed by atoms with van der Waals surface area (Å²) in [5.74, 6) is 0. The molecule has 0 N–H and O–H groups in total. The minimum Gasteiger partial charge on any atom is -0.137 e. The molecule has 1 aromatic rings. The van der Waals surface area contributed by atoms with E-state index in [4.69, 9.17) is 0 Å². The molecule has 0 unspecified atom stereocenters. The van der Waals surface area contributed by atoms with Crippen LogP contribution in [-0.2, 0) is 0 Å². The van der Waals surface area contributed by atoms with Gasteiger partial charge in [0.05, 0.1) is 10.4 Å². The van der Waals surface area contributed by atoms with Gasteiger partial charge in [0.2, 0.25) is 0 Å². The third-order valence-electron chi connectivity index (χ3n) is 1.16. The lowest BCUT2D eigenvalue weighted by Gasteiger charge is -1.78. The Labute approximate surface area is 67.5 Å². The standard InChI is InChI=1S/C7H5NS2/c1-2-6(9-4-1)7-8-3-5-10-7/h1-5H/q+1. The number of hydrogen-bond acceptors (Lipinski definition) is 3. The third-order valence-corrected chi connectivity index (χ3v) is 2.98. The highest BCUT2D eigenvalue weighted by molar-refractivity contribution is 8.17. The average molecular weight is 167 g/mol. The summed E-state index contributed by atoms with van der Waals surface area (Å²) >= 11 is 3.41. The average Bonchev–Trinajstić information content (AvgIpc) is 2.59. The Hall–Kier alpha value is -0.540. The van der Waals surface area contributed by atoms with Crippen molar-refractivity contribution in [2.45, 2.75) is 0 Å². The molecule has 0 aromatic carbocycles. The van der Waals surface area contributed by atoms with E-state index in [0.717, 1.165) is 5.04 Å². The van der Waals surface area contributed by atoms with Crippen LogP contribution in [0.1, 0.15) is 4.88 Å². The van der Waals surface area contributed by atoms with Crippen molar-refractivity contribution in [1.82, 2.24) is 4.99 Å². The van der Waals surface area contributed by atoms with Crippen LogP contribution in [0.25, 0.3) is 0 Å². The van der Waals surface area contributed by atoms with Gasteiger partial charge in [0, 0.05) is 0 Å². The van der Waals surface area contributed by atoms with Crippen LogP contribution in [0.5, 0.6) is 0 Å². The number of hydrogen-bond donors (Lipinski definition) is 0. The van der Waals surface area contributed by atoms with E-state index >= 15 is 0 Å². The van der Waals surface area contributed by atoms with E-state index in [1.54, 1.807) is 23.1 Å². The maximum absolute atomic E-state index is 4.19. The first-order chi connectivity index (χ1) is 4.97. The van der Waals surface area contributed by atoms with Gasteiger partial charge in [-0.1, -0.05) is 6.07 Å². The summed E-state index contributed by atoms with van der Waals surface area (Å²) in [5, 5.41) is 5.18. The minimum absolute atomic E-state index is 1.12. The molecule has 3 heteroatoms. The third kappa shape index (κ3) is 1.02. The molecule has 10 heavy (non-hydrogen) atoms. The Morgan fingerprint density at radius 1 is 1.40 bits per heavy atom. The molecule has 1 radical (unpaired) electrons. The fourth-order valence-electron chi connectivity index (χ4n) is 0.745. The molecule has 2 heterocycles. The highest BCUT2D eigenvalue weighted by Gasteiger charge is 2.17. The normalized spacial score (nSPS) is 15.8. The molecule has 0 saturated carbocycles. The van der Waals surface area contributed by atoms with Crippen LogP contribution in [-0.4, -0.2) is 5.04 Å². The first kappa shape index (κ1) is 6.19. The number of thioether (sulfide) groups is 1. The molecular weight excluding hydrogens is 162 g/mol. The van der Waals surface area contributed by atoms with Crippen LogP contribution in [0.3, 0.4) is 0 Å². The first-order valence-electron chi connectivity index (χ1n) is 2.90. The van der Waals surface area contributed by atoms with E-state index in [-0.39, 0.29) is 0 Å². The fraction of sp³-hybridized carbons (Fsp3) is 0. The largest absolute Gasteiger partial charge is 0.332 e. The number of thiophene rings is 1. The molecule has 0 aliphatic carbocycles. The van der Waals surface area contributed by atoms with Crippen LogP contribution in [0.15, 0.2) is 29.1 Å². The van der Waals surface area contributed by atoms with Gasteiger partial charge in [-0.25, -0.2) is 0 Å². The molecule has 1 aliphatic heterocycles. The lowest BCUT2D eigenvalue weighted by atomic mass is 10.5. The smallest absolute Gasteiger partial charge is 0.137 e. The first-order valence-corrected chi connectivity index (χ1v) is 4.66. The highest BCUT2D eigenvalue weighted by Crippen LogP contribution is 2.19. The van der Waals surface area contributed by atoms with E-state index in [1.165, 1.54) is 4.88 Å². The molecule has 1 nitrogen and oxygen atoms in total. The van der Waals surface area contributed by atoms with E-state index in [9.17, 15) is 0 Å². The van der Waals surface area contributed by atoms with Crippen molar-refractivity contribution in [2.24, 2.45) is 0 Å². The summed E-state index contributed by atoms with van der Waals surface area (Å²) in [6, 6.07) is 4.13. The van der Waals surface area contributed by atoms with Gasteiger partial charge in [-0.3, -0.25) is 0 Å². The van der Waals surface area contributed by atoms with Gasteiger partial charge in [0.1, 0.15) is 4.88 Å². The van der Waals surface area contributed by atoms with Crippen molar-refractivity contribution in [3.05, 3.63) is 34.0 Å². The van der Waals surface area contributed by atoms with Crippen LogP contribution < -0.4 is 4.99 Å². The Morgan fingerprint density at radius 2 is 2.40 bits per heavy atom. The van der Waals surface area contributed by atoms with Crippen molar-refractivity contribution < 1.29 is 0 Å². The molecule has 0 spiro atoms. The lowest BCUT2D eigenvalue weighted by Crippen LogP contribution is -1.92. The highest BCUT2D eigenvalue weighted by atomic mass is 32.2. The molecule has 0 amide bonds. The topological polar surface area (TPSA) is 14.1 Å². The van der Waals surface area contributed by atoms with Gasteiger partial charge in [-0.05, 0) is 23.2 Å². The predicted octanol–water partition coefficient (Wildman–Crippen LogP) is 2.05. The zero-order valence-electron chi connectivity index (χ0n) is 5.15. The summed E-state index contributed by atoms with van der Waals surface area (Å²) in [6.07, 6.45) is 1.83. The van der Waals surface area contributed by atoms with E-state index in [2.05, 4.69) is 16.4 Å².